The first-order valence-electron chi connectivity index (χ1n) is 9.52. The molecule has 138 valence electrons. The summed E-state index contributed by atoms with van der Waals surface area (Å²) in [6.07, 6.45) is 2.77. The molecule has 0 unspecified atom stereocenters. The second-order valence-electron chi connectivity index (χ2n) is 7.07. The third-order valence-electron chi connectivity index (χ3n) is 4.99. The highest BCUT2D eigenvalue weighted by Gasteiger charge is 2.15. The summed E-state index contributed by atoms with van der Waals surface area (Å²) >= 11 is 0. The molecule has 5 heteroatoms. The summed E-state index contributed by atoms with van der Waals surface area (Å²) in [5.74, 6) is 1.63. The Hall–Kier alpha value is -2.95. The van der Waals surface area contributed by atoms with Crippen LogP contribution in [0.1, 0.15) is 29.9 Å². The van der Waals surface area contributed by atoms with E-state index in [4.69, 9.17) is 0 Å². The molecule has 27 heavy (non-hydrogen) atoms. The van der Waals surface area contributed by atoms with Gasteiger partial charge in [0, 0.05) is 24.8 Å². The van der Waals surface area contributed by atoms with Gasteiger partial charge in [0.25, 0.3) is 0 Å². The molecule has 2 heterocycles. The maximum atomic E-state index is 12.5. The molecule has 1 saturated heterocycles. The first-order valence-corrected chi connectivity index (χ1v) is 9.52. The summed E-state index contributed by atoms with van der Waals surface area (Å²) in [5.41, 5.74) is 1.97. The van der Waals surface area contributed by atoms with Crippen molar-refractivity contribution in [3.8, 4) is 0 Å². The number of amides is 1. The van der Waals surface area contributed by atoms with Gasteiger partial charge >= 0.3 is 0 Å². The third kappa shape index (κ3) is 4.08. The van der Waals surface area contributed by atoms with E-state index >= 15 is 0 Å². The lowest BCUT2D eigenvalue weighted by molar-refractivity contribution is -0.120. The van der Waals surface area contributed by atoms with Crippen molar-refractivity contribution in [3.63, 3.8) is 0 Å². The molecule has 0 atom stereocenters. The minimum Gasteiger partial charge on any atom is -0.357 e. The van der Waals surface area contributed by atoms with E-state index < -0.39 is 0 Å². The smallest absolute Gasteiger partial charge is 0.224 e. The van der Waals surface area contributed by atoms with Crippen molar-refractivity contribution in [2.75, 3.05) is 18.0 Å². The molecule has 1 aromatic heterocycles. The number of carbonyl (C=O) groups excluding carboxylic acids is 1. The van der Waals surface area contributed by atoms with E-state index in [1.54, 1.807) is 0 Å². The zero-order chi connectivity index (χ0) is 18.6. The number of carbonyl (C=O) groups is 1. The number of aryl methyl sites for hydroxylation is 1. The molecule has 5 nitrogen and oxygen atoms in total. The van der Waals surface area contributed by atoms with Crippen LogP contribution in [0.15, 0.2) is 48.5 Å². The fourth-order valence-electron chi connectivity index (χ4n) is 3.66. The van der Waals surface area contributed by atoms with Crippen LogP contribution < -0.4 is 10.2 Å². The Balaban J connectivity index is 1.43. The van der Waals surface area contributed by atoms with E-state index in [1.807, 2.05) is 37.3 Å². The quantitative estimate of drug-likeness (QED) is 0.758. The number of benzene rings is 2. The van der Waals surface area contributed by atoms with E-state index in [0.29, 0.717) is 18.8 Å². The highest BCUT2D eigenvalue weighted by atomic mass is 16.1. The van der Waals surface area contributed by atoms with Crippen LogP contribution in [-0.4, -0.2) is 29.0 Å². The van der Waals surface area contributed by atoms with Crippen LogP contribution in [0.3, 0.4) is 0 Å². The molecule has 2 aromatic carbocycles. The van der Waals surface area contributed by atoms with Gasteiger partial charge in [0.15, 0.2) is 0 Å². The van der Waals surface area contributed by atoms with E-state index in [1.165, 1.54) is 12.8 Å². The van der Waals surface area contributed by atoms with Crippen LogP contribution in [0.5, 0.6) is 0 Å². The average Bonchev–Trinajstić information content (AvgIpc) is 3.21. The summed E-state index contributed by atoms with van der Waals surface area (Å²) in [5, 5.41) is 5.25. The van der Waals surface area contributed by atoms with Crippen molar-refractivity contribution in [3.05, 3.63) is 65.6 Å². The molecule has 1 aliphatic heterocycles. The second-order valence-corrected chi connectivity index (χ2v) is 7.07. The van der Waals surface area contributed by atoms with Gasteiger partial charge in [-0.25, -0.2) is 9.97 Å². The molecule has 1 aliphatic rings. The lowest BCUT2D eigenvalue weighted by atomic mass is 10.0. The Labute approximate surface area is 159 Å². The van der Waals surface area contributed by atoms with Gasteiger partial charge in [-0.05, 0) is 36.1 Å². The van der Waals surface area contributed by atoms with Gasteiger partial charge in [0.1, 0.15) is 11.6 Å². The Kier molecular flexibility index (Phi) is 5.01. The van der Waals surface area contributed by atoms with Gasteiger partial charge < -0.3 is 10.2 Å². The molecule has 1 fully saturated rings. The summed E-state index contributed by atoms with van der Waals surface area (Å²) in [7, 11) is 0. The number of fused-ring (bicyclic) bond motifs is 1. The van der Waals surface area contributed by atoms with Crippen LogP contribution in [-0.2, 0) is 17.8 Å². The maximum absolute atomic E-state index is 12.5. The number of nitrogens with zero attached hydrogens (tertiary/aromatic N) is 3. The fraction of sp³-hybridized carbons (Fsp3) is 0.318. The highest BCUT2D eigenvalue weighted by molar-refractivity contribution is 5.90. The minimum absolute atomic E-state index is 0.0146. The van der Waals surface area contributed by atoms with Gasteiger partial charge in [-0.1, -0.05) is 42.5 Å². The van der Waals surface area contributed by atoms with Crippen LogP contribution >= 0.6 is 0 Å². The number of aromatic nitrogens is 2. The molecule has 0 saturated carbocycles. The van der Waals surface area contributed by atoms with Gasteiger partial charge in [0.2, 0.25) is 5.91 Å². The van der Waals surface area contributed by atoms with Crippen molar-refractivity contribution in [2.24, 2.45) is 0 Å². The summed E-state index contributed by atoms with van der Waals surface area (Å²) in [4.78, 5) is 23.9. The normalized spacial score (nSPS) is 13.9. The van der Waals surface area contributed by atoms with Crippen molar-refractivity contribution in [2.45, 2.75) is 32.7 Å². The first kappa shape index (κ1) is 17.5. The Morgan fingerprint density at radius 3 is 2.70 bits per heavy atom. The minimum atomic E-state index is -0.0146. The van der Waals surface area contributed by atoms with Crippen LogP contribution in [0.2, 0.25) is 0 Å². The number of nitrogens with one attached hydrogen (secondary N) is 1. The van der Waals surface area contributed by atoms with Gasteiger partial charge in [-0.3, -0.25) is 4.79 Å². The predicted octanol–water partition coefficient (Wildman–Crippen LogP) is 3.40. The lowest BCUT2D eigenvalue weighted by Crippen LogP contribution is -2.27. The molecule has 1 amide bonds. The number of hydrogen-bond acceptors (Lipinski definition) is 4. The van der Waals surface area contributed by atoms with E-state index in [2.05, 4.69) is 38.4 Å². The lowest BCUT2D eigenvalue weighted by Gasteiger charge is -2.17. The third-order valence-corrected chi connectivity index (χ3v) is 4.99. The second kappa shape index (κ2) is 7.74. The zero-order valence-electron chi connectivity index (χ0n) is 15.6. The average molecular weight is 360 g/mol. The Bertz CT molecular complexity index is 958. The largest absolute Gasteiger partial charge is 0.357 e. The van der Waals surface area contributed by atoms with E-state index in [9.17, 15) is 4.79 Å². The molecular weight excluding hydrogens is 336 g/mol. The monoisotopic (exact) mass is 360 g/mol. The topological polar surface area (TPSA) is 58.1 Å². The zero-order valence-corrected chi connectivity index (χ0v) is 15.6. The van der Waals surface area contributed by atoms with E-state index in [0.717, 1.165) is 40.9 Å². The number of hydrogen-bond donors (Lipinski definition) is 1. The molecule has 0 bridgehead atoms. The van der Waals surface area contributed by atoms with Crippen molar-refractivity contribution in [1.29, 1.82) is 0 Å². The van der Waals surface area contributed by atoms with Crippen molar-refractivity contribution < 1.29 is 4.79 Å². The molecule has 3 aromatic rings. The molecular formula is C22H24N4O. The van der Waals surface area contributed by atoms with Crippen molar-refractivity contribution in [1.82, 2.24) is 15.3 Å². The molecule has 0 aliphatic carbocycles. The van der Waals surface area contributed by atoms with E-state index in [-0.39, 0.29) is 5.91 Å². The molecule has 0 spiro atoms. The maximum Gasteiger partial charge on any atom is 0.224 e. The SMILES string of the molecule is Cc1cc(N2CCCC2)nc(CNC(=O)Cc2cccc3ccccc23)n1. The number of rotatable bonds is 5. The predicted molar refractivity (Wildman–Crippen MR) is 108 cm³/mol. The molecule has 0 radical (unpaired) electrons. The first-order chi connectivity index (χ1) is 13.2. The summed E-state index contributed by atoms with van der Waals surface area (Å²) < 4.78 is 0. The summed E-state index contributed by atoms with van der Waals surface area (Å²) in [6.45, 7) is 4.42. The van der Waals surface area contributed by atoms with Gasteiger partial charge in [-0.15, -0.1) is 0 Å². The molecule has 4 rings (SSSR count). The standard InChI is InChI=1S/C22H24N4O/c1-16-13-21(26-11-4-5-12-26)25-20(24-16)15-23-22(27)14-18-9-6-8-17-7-2-3-10-19(17)18/h2-3,6-10,13H,4-5,11-12,14-15H2,1H3,(H,23,27). The summed E-state index contributed by atoms with van der Waals surface area (Å²) in [6, 6.07) is 16.2. The van der Waals surface area contributed by atoms with Crippen LogP contribution in [0, 0.1) is 6.92 Å². The Morgan fingerprint density at radius 1 is 1.07 bits per heavy atom. The van der Waals surface area contributed by atoms with Crippen molar-refractivity contribution >= 4 is 22.5 Å². The van der Waals surface area contributed by atoms with Gasteiger partial charge in [0.05, 0.1) is 13.0 Å². The van der Waals surface area contributed by atoms with Gasteiger partial charge in [-0.2, -0.15) is 0 Å². The highest BCUT2D eigenvalue weighted by Crippen LogP contribution is 2.20. The number of anilines is 1. The fourth-order valence-corrected chi connectivity index (χ4v) is 3.66. The van der Waals surface area contributed by atoms with Crippen LogP contribution in [0.25, 0.3) is 10.8 Å². The molecule has 1 N–H and O–H groups in total. The Morgan fingerprint density at radius 2 is 1.85 bits per heavy atom. The van der Waals surface area contributed by atoms with Crippen LogP contribution in [0.4, 0.5) is 5.82 Å².